The van der Waals surface area contributed by atoms with Gasteiger partial charge in [0.05, 0.1) is 17.7 Å². The molecule has 2 atom stereocenters. The van der Waals surface area contributed by atoms with E-state index < -0.39 is 11.6 Å². The number of hydrogen-bond acceptors (Lipinski definition) is 5. The second-order valence-electron chi connectivity index (χ2n) is 9.22. The third-order valence-electron chi connectivity index (χ3n) is 6.40. The molecule has 7 nitrogen and oxygen atoms in total. The van der Waals surface area contributed by atoms with Crippen LogP contribution in [0.15, 0.2) is 40.8 Å². The van der Waals surface area contributed by atoms with E-state index in [9.17, 15) is 14.7 Å². The molecular formula is C23H35N3O4. The fourth-order valence-corrected chi connectivity index (χ4v) is 4.43. The van der Waals surface area contributed by atoms with Crippen LogP contribution in [-0.4, -0.2) is 64.0 Å². The van der Waals surface area contributed by atoms with Crippen molar-refractivity contribution >= 4 is 5.91 Å². The van der Waals surface area contributed by atoms with Crippen LogP contribution in [0.4, 0.5) is 0 Å². The number of aliphatic hydroxyl groups is 1. The van der Waals surface area contributed by atoms with Crippen LogP contribution in [0.2, 0.25) is 0 Å². The molecule has 1 aromatic rings. The first-order valence-corrected chi connectivity index (χ1v) is 10.9. The lowest BCUT2D eigenvalue weighted by molar-refractivity contribution is -0.181. The Morgan fingerprint density at radius 2 is 2.07 bits per heavy atom. The van der Waals surface area contributed by atoms with E-state index in [1.54, 1.807) is 18.3 Å². The van der Waals surface area contributed by atoms with Crippen LogP contribution >= 0.6 is 0 Å². The van der Waals surface area contributed by atoms with Crippen LogP contribution in [0.3, 0.4) is 0 Å². The summed E-state index contributed by atoms with van der Waals surface area (Å²) in [6, 6.07) is 4.94. The van der Waals surface area contributed by atoms with Gasteiger partial charge in [0.2, 0.25) is 5.91 Å². The Bertz CT molecular complexity index is 822. The molecule has 2 aliphatic heterocycles. The smallest absolute Gasteiger partial charge is 0.250 e. The van der Waals surface area contributed by atoms with E-state index in [4.69, 9.17) is 4.74 Å². The molecule has 0 unspecified atom stereocenters. The number of ether oxygens (including phenoxy) is 1. The van der Waals surface area contributed by atoms with Crippen LogP contribution in [0.25, 0.3) is 0 Å². The van der Waals surface area contributed by atoms with E-state index in [-0.39, 0.29) is 30.1 Å². The van der Waals surface area contributed by atoms with Crippen LogP contribution in [-0.2, 0) is 16.1 Å². The largest absolute Gasteiger partial charge is 0.388 e. The predicted molar refractivity (Wildman–Crippen MR) is 116 cm³/mol. The Balaban J connectivity index is 1.57. The van der Waals surface area contributed by atoms with Crippen molar-refractivity contribution in [1.82, 2.24) is 14.8 Å². The number of rotatable bonds is 6. The quantitative estimate of drug-likeness (QED) is 0.689. The van der Waals surface area contributed by atoms with Gasteiger partial charge < -0.3 is 19.7 Å². The van der Waals surface area contributed by atoms with Gasteiger partial charge in [-0.2, -0.15) is 0 Å². The van der Waals surface area contributed by atoms with Gasteiger partial charge in [-0.05, 0) is 39.7 Å². The molecule has 2 saturated heterocycles. The monoisotopic (exact) mass is 417 g/mol. The van der Waals surface area contributed by atoms with E-state index in [0.29, 0.717) is 13.0 Å². The second-order valence-corrected chi connectivity index (χ2v) is 9.22. The van der Waals surface area contributed by atoms with E-state index in [1.807, 2.05) is 6.92 Å². The highest BCUT2D eigenvalue weighted by Gasteiger charge is 2.49. The molecule has 0 saturated carbocycles. The zero-order chi connectivity index (χ0) is 21.8. The predicted octanol–water partition coefficient (Wildman–Crippen LogP) is 1.70. The van der Waals surface area contributed by atoms with Gasteiger partial charge in [0, 0.05) is 51.3 Å². The summed E-state index contributed by atoms with van der Waals surface area (Å²) in [5.74, 6) is -0.162. The molecule has 0 aliphatic carbocycles. The van der Waals surface area contributed by atoms with Crippen molar-refractivity contribution in [3.05, 3.63) is 46.4 Å². The van der Waals surface area contributed by atoms with Crippen LogP contribution in [0.5, 0.6) is 0 Å². The minimum Gasteiger partial charge on any atom is -0.388 e. The summed E-state index contributed by atoms with van der Waals surface area (Å²) < 4.78 is 7.65. The maximum Gasteiger partial charge on any atom is 0.250 e. The first kappa shape index (κ1) is 22.7. The van der Waals surface area contributed by atoms with Gasteiger partial charge >= 0.3 is 0 Å². The number of nitrogens with one attached hydrogen (secondary N) is 1. The Hall–Kier alpha value is -1.96. The molecule has 3 heterocycles. The third kappa shape index (κ3) is 5.59. The average Bonchev–Trinajstić information content (AvgIpc) is 2.70. The van der Waals surface area contributed by atoms with Crippen molar-refractivity contribution in [3.8, 4) is 0 Å². The molecule has 3 rings (SSSR count). The zero-order valence-electron chi connectivity index (χ0n) is 18.4. The van der Waals surface area contributed by atoms with Crippen molar-refractivity contribution in [2.24, 2.45) is 0 Å². The number of piperidine rings is 1. The summed E-state index contributed by atoms with van der Waals surface area (Å²) in [5.41, 5.74) is 0.153. The van der Waals surface area contributed by atoms with Crippen molar-refractivity contribution in [1.29, 1.82) is 0 Å². The maximum atomic E-state index is 12.6. The first-order valence-electron chi connectivity index (χ1n) is 10.9. The van der Waals surface area contributed by atoms with Gasteiger partial charge in [-0.25, -0.2) is 0 Å². The standard InChI is InChI=1S/C23H35N3O4/c1-18(2)7-12-25-14-9-23(10-15-25)17-22(3,19(27)16-30-23)24-20(28)8-13-26-11-5-4-6-21(26)29/h4-7,11,19,27H,8-10,12-17H2,1-3H3,(H,24,28)/t19-,22-/m1/s1. The molecule has 7 heteroatoms. The van der Waals surface area contributed by atoms with Gasteiger partial charge in [-0.3, -0.25) is 14.5 Å². The molecule has 2 aliphatic rings. The number of aliphatic hydroxyl groups excluding tert-OH is 1. The second kappa shape index (κ2) is 9.45. The van der Waals surface area contributed by atoms with Crippen molar-refractivity contribution in [2.45, 2.75) is 70.2 Å². The van der Waals surface area contributed by atoms with E-state index >= 15 is 0 Å². The molecule has 30 heavy (non-hydrogen) atoms. The lowest BCUT2D eigenvalue weighted by atomic mass is 9.74. The summed E-state index contributed by atoms with van der Waals surface area (Å²) >= 11 is 0. The number of aryl methyl sites for hydroxylation is 1. The Labute approximate surface area is 178 Å². The number of nitrogens with zero attached hydrogens (tertiary/aromatic N) is 2. The van der Waals surface area contributed by atoms with E-state index in [1.165, 1.54) is 16.2 Å². The third-order valence-corrected chi connectivity index (χ3v) is 6.40. The summed E-state index contributed by atoms with van der Waals surface area (Å²) in [6.07, 6.45) is 5.73. The molecule has 1 amide bonds. The van der Waals surface area contributed by atoms with Crippen molar-refractivity contribution < 1.29 is 14.6 Å². The molecular weight excluding hydrogens is 382 g/mol. The molecule has 2 N–H and O–H groups in total. The van der Waals surface area contributed by atoms with Gasteiger partial charge in [0.15, 0.2) is 0 Å². The lowest BCUT2D eigenvalue weighted by Crippen LogP contribution is -2.65. The molecule has 0 radical (unpaired) electrons. The lowest BCUT2D eigenvalue weighted by Gasteiger charge is -2.52. The summed E-state index contributed by atoms with van der Waals surface area (Å²) in [5, 5.41) is 13.7. The molecule has 1 aromatic heterocycles. The van der Waals surface area contributed by atoms with Crippen LogP contribution in [0.1, 0.15) is 46.5 Å². The van der Waals surface area contributed by atoms with Gasteiger partial charge in [-0.1, -0.05) is 17.7 Å². The number of likely N-dealkylation sites (tertiary alicyclic amines) is 1. The number of carbonyl (C=O) groups excluding carboxylic acids is 1. The molecule has 166 valence electrons. The van der Waals surface area contributed by atoms with E-state index in [2.05, 4.69) is 30.1 Å². The number of aromatic nitrogens is 1. The SMILES string of the molecule is CC(C)=CCN1CCC2(CC1)C[C@@](C)(NC(=O)CCn1ccccc1=O)[C@H](O)CO2. The number of carbonyl (C=O) groups is 1. The highest BCUT2D eigenvalue weighted by molar-refractivity contribution is 5.76. The highest BCUT2D eigenvalue weighted by Crippen LogP contribution is 2.39. The Morgan fingerprint density at radius 1 is 1.33 bits per heavy atom. The molecule has 0 bridgehead atoms. The highest BCUT2D eigenvalue weighted by atomic mass is 16.5. The van der Waals surface area contributed by atoms with Crippen LogP contribution in [0, 0.1) is 0 Å². The van der Waals surface area contributed by atoms with Crippen molar-refractivity contribution in [2.75, 3.05) is 26.2 Å². The van der Waals surface area contributed by atoms with Gasteiger partial charge in [0.25, 0.3) is 5.56 Å². The topological polar surface area (TPSA) is 83.8 Å². The zero-order valence-corrected chi connectivity index (χ0v) is 18.4. The minimum absolute atomic E-state index is 0.124. The van der Waals surface area contributed by atoms with E-state index in [0.717, 1.165) is 32.5 Å². The molecule has 2 fully saturated rings. The Kier molecular flexibility index (Phi) is 7.16. The minimum atomic E-state index is -0.754. The summed E-state index contributed by atoms with van der Waals surface area (Å²) in [7, 11) is 0. The normalized spacial score (nSPS) is 26.3. The number of pyridine rings is 1. The summed E-state index contributed by atoms with van der Waals surface area (Å²) in [6.45, 7) is 9.51. The number of allylic oxidation sites excluding steroid dienone is 1. The fraction of sp³-hybridized carbons (Fsp3) is 0.652. The maximum absolute atomic E-state index is 12.6. The molecule has 0 aromatic carbocycles. The van der Waals surface area contributed by atoms with Gasteiger partial charge in [0.1, 0.15) is 6.10 Å². The fourth-order valence-electron chi connectivity index (χ4n) is 4.43. The van der Waals surface area contributed by atoms with Crippen molar-refractivity contribution in [3.63, 3.8) is 0 Å². The summed E-state index contributed by atoms with van der Waals surface area (Å²) in [4.78, 5) is 26.9. The van der Waals surface area contributed by atoms with Gasteiger partial charge in [-0.15, -0.1) is 0 Å². The van der Waals surface area contributed by atoms with Crippen LogP contribution < -0.4 is 10.9 Å². The molecule has 1 spiro atoms. The number of hydrogen-bond donors (Lipinski definition) is 2. The number of amides is 1. The Morgan fingerprint density at radius 3 is 2.73 bits per heavy atom. The average molecular weight is 418 g/mol. The first-order chi connectivity index (χ1) is 14.2.